The normalized spacial score (nSPS) is 12.2. The fourth-order valence-corrected chi connectivity index (χ4v) is 3.53. The first-order valence-corrected chi connectivity index (χ1v) is 11.1. The zero-order valence-corrected chi connectivity index (χ0v) is 17.1. The molecule has 2 rings (SSSR count). The quantitative estimate of drug-likeness (QED) is 0.159. The predicted molar refractivity (Wildman–Crippen MR) is 104 cm³/mol. The summed E-state index contributed by atoms with van der Waals surface area (Å²) in [5.41, 5.74) is 1.61. The molecule has 0 aliphatic carbocycles. The Bertz CT molecular complexity index is 993. The molecular formula is C16H20FN5O5S2. The molecule has 0 aliphatic heterocycles. The van der Waals surface area contributed by atoms with Crippen LogP contribution in [0.3, 0.4) is 0 Å². The Balaban J connectivity index is 1.90. The molecule has 1 aromatic carbocycles. The second-order valence-electron chi connectivity index (χ2n) is 6.04. The van der Waals surface area contributed by atoms with Gasteiger partial charge >= 0.3 is 0 Å². The van der Waals surface area contributed by atoms with E-state index >= 15 is 0 Å². The number of nitrogens with two attached hydrogens (primary N) is 1. The second kappa shape index (κ2) is 10.3. The first-order chi connectivity index (χ1) is 13.7. The van der Waals surface area contributed by atoms with Gasteiger partial charge in [0.2, 0.25) is 15.9 Å². The monoisotopic (exact) mass is 445 g/mol. The molecule has 0 radical (unpaired) electrons. The number of aryl methyl sites for hydroxylation is 1. The third-order valence-electron chi connectivity index (χ3n) is 3.72. The number of nitrogens with zero attached hydrogens (tertiary/aromatic N) is 3. The van der Waals surface area contributed by atoms with Gasteiger partial charge in [0.1, 0.15) is 11.5 Å². The number of aromatic nitrogens is 2. The number of hydrogen-bond donors (Lipinski definition) is 3. The number of benzene rings is 1. The second-order valence-corrected chi connectivity index (χ2v) is 8.86. The van der Waals surface area contributed by atoms with E-state index < -0.39 is 21.7 Å². The molecule has 29 heavy (non-hydrogen) atoms. The Morgan fingerprint density at radius 1 is 1.41 bits per heavy atom. The van der Waals surface area contributed by atoms with Crippen LogP contribution in [0.5, 0.6) is 0 Å². The van der Waals surface area contributed by atoms with Crippen LogP contribution in [0.2, 0.25) is 0 Å². The molecule has 0 fully saturated rings. The summed E-state index contributed by atoms with van der Waals surface area (Å²) in [6.45, 7) is 1.87. The van der Waals surface area contributed by atoms with Gasteiger partial charge in [0.15, 0.2) is 10.7 Å². The van der Waals surface area contributed by atoms with Crippen molar-refractivity contribution in [3.05, 3.63) is 40.8 Å². The molecule has 0 aliphatic rings. The molecule has 1 aromatic heterocycles. The summed E-state index contributed by atoms with van der Waals surface area (Å²) in [6, 6.07) is 4.54. The molecule has 1 amide bonds. The average molecular weight is 445 g/mol. The summed E-state index contributed by atoms with van der Waals surface area (Å²) < 4.78 is 39.8. The van der Waals surface area contributed by atoms with Crippen molar-refractivity contribution < 1.29 is 27.4 Å². The Hall–Kier alpha value is -2.51. The van der Waals surface area contributed by atoms with E-state index in [0.29, 0.717) is 16.3 Å². The molecular weight excluding hydrogens is 425 g/mol. The molecule has 2 aromatic rings. The Morgan fingerprint density at radius 3 is 2.83 bits per heavy atom. The summed E-state index contributed by atoms with van der Waals surface area (Å²) in [5, 5.41) is 27.9. The molecule has 0 saturated carbocycles. The number of primary sulfonamides is 1. The van der Waals surface area contributed by atoms with E-state index in [4.69, 9.17) is 9.77 Å². The molecule has 10 nitrogen and oxygen atoms in total. The number of thioether (sulfide) groups is 1. The summed E-state index contributed by atoms with van der Waals surface area (Å²) >= 11 is 1.20. The lowest BCUT2D eigenvalue weighted by molar-refractivity contribution is -0.120. The van der Waals surface area contributed by atoms with Gasteiger partial charge in [-0.3, -0.25) is 4.79 Å². The number of carbonyl (C=O) groups excluding carboxylic acids is 1. The highest BCUT2D eigenvalue weighted by Gasteiger charge is 2.18. The number of amides is 1. The third-order valence-corrected chi connectivity index (χ3v) is 5.45. The van der Waals surface area contributed by atoms with Crippen molar-refractivity contribution in [2.45, 2.75) is 24.8 Å². The molecule has 0 atom stereocenters. The topological polar surface area (TPSA) is 161 Å². The van der Waals surface area contributed by atoms with Crippen LogP contribution >= 0.6 is 11.8 Å². The number of rotatable bonds is 10. The zero-order chi connectivity index (χ0) is 21.4. The Labute approximate surface area is 170 Å². The number of oxime groups is 1. The van der Waals surface area contributed by atoms with Gasteiger partial charge in [0, 0.05) is 25.1 Å². The SMILES string of the molecule is Cc1cc(CC(=NO)c2nonc2SCCNC(=O)CCS(N)(=O)=O)ccc1F. The zero-order valence-electron chi connectivity index (χ0n) is 15.5. The van der Waals surface area contributed by atoms with Crippen LogP contribution in [-0.2, 0) is 21.2 Å². The number of nitrogens with one attached hydrogen (secondary N) is 1. The van der Waals surface area contributed by atoms with Crippen LogP contribution < -0.4 is 10.5 Å². The van der Waals surface area contributed by atoms with E-state index in [-0.39, 0.29) is 36.6 Å². The van der Waals surface area contributed by atoms with Gasteiger partial charge in [-0.2, -0.15) is 0 Å². The fourth-order valence-electron chi connectivity index (χ4n) is 2.29. The van der Waals surface area contributed by atoms with E-state index in [0.717, 1.165) is 5.56 Å². The van der Waals surface area contributed by atoms with Crippen LogP contribution in [0.15, 0.2) is 33.0 Å². The Kier molecular flexibility index (Phi) is 8.10. The lowest BCUT2D eigenvalue weighted by atomic mass is 10.0. The molecule has 0 bridgehead atoms. The highest BCUT2D eigenvalue weighted by Crippen LogP contribution is 2.21. The first-order valence-electron chi connectivity index (χ1n) is 8.38. The van der Waals surface area contributed by atoms with E-state index in [1.165, 1.54) is 17.8 Å². The number of hydrogen-bond acceptors (Lipinski definition) is 9. The summed E-state index contributed by atoms with van der Waals surface area (Å²) in [5.74, 6) is -0.816. The molecule has 13 heteroatoms. The summed E-state index contributed by atoms with van der Waals surface area (Å²) in [7, 11) is -3.69. The van der Waals surface area contributed by atoms with Gasteiger partial charge in [-0.25, -0.2) is 22.6 Å². The van der Waals surface area contributed by atoms with Crippen LogP contribution in [-0.4, -0.2) is 53.6 Å². The lowest BCUT2D eigenvalue weighted by Crippen LogP contribution is -2.29. The van der Waals surface area contributed by atoms with Crippen molar-refractivity contribution in [1.82, 2.24) is 15.6 Å². The molecule has 0 spiro atoms. The number of halogens is 1. The van der Waals surface area contributed by atoms with Crippen molar-refractivity contribution >= 4 is 33.4 Å². The maximum atomic E-state index is 13.4. The van der Waals surface area contributed by atoms with Crippen LogP contribution in [0.4, 0.5) is 4.39 Å². The molecule has 158 valence electrons. The van der Waals surface area contributed by atoms with Gasteiger partial charge in [0.05, 0.1) is 5.75 Å². The predicted octanol–water partition coefficient (Wildman–Crippen LogP) is 0.825. The van der Waals surface area contributed by atoms with Crippen molar-refractivity contribution in [2.75, 3.05) is 18.1 Å². The highest BCUT2D eigenvalue weighted by molar-refractivity contribution is 7.99. The minimum atomic E-state index is -3.69. The minimum Gasteiger partial charge on any atom is -0.411 e. The van der Waals surface area contributed by atoms with Gasteiger partial charge < -0.3 is 10.5 Å². The smallest absolute Gasteiger partial charge is 0.221 e. The summed E-state index contributed by atoms with van der Waals surface area (Å²) in [6.07, 6.45) is -0.0393. The average Bonchev–Trinajstić information content (AvgIpc) is 3.12. The number of carbonyl (C=O) groups is 1. The van der Waals surface area contributed by atoms with Crippen molar-refractivity contribution in [2.24, 2.45) is 10.3 Å². The van der Waals surface area contributed by atoms with E-state index in [1.54, 1.807) is 19.1 Å². The maximum absolute atomic E-state index is 13.4. The van der Waals surface area contributed by atoms with Crippen molar-refractivity contribution in [3.63, 3.8) is 0 Å². The van der Waals surface area contributed by atoms with E-state index in [9.17, 15) is 22.8 Å². The number of sulfonamides is 1. The Morgan fingerprint density at radius 2 is 2.17 bits per heavy atom. The van der Waals surface area contributed by atoms with E-state index in [1.807, 2.05) is 0 Å². The maximum Gasteiger partial charge on any atom is 0.221 e. The van der Waals surface area contributed by atoms with Crippen LogP contribution in [0.25, 0.3) is 0 Å². The van der Waals surface area contributed by atoms with Gasteiger partial charge in [-0.1, -0.05) is 29.1 Å². The van der Waals surface area contributed by atoms with Crippen LogP contribution in [0.1, 0.15) is 23.2 Å². The van der Waals surface area contributed by atoms with Crippen molar-refractivity contribution in [3.8, 4) is 0 Å². The fraction of sp³-hybridized carbons (Fsp3) is 0.375. The standard InChI is InChI=1S/C16H20FN5O5S2/c1-10-8-11(2-3-12(10)17)9-13(20-24)15-16(22-27-21-15)28-6-5-19-14(23)4-7-29(18,25)26/h2-3,8,24H,4-7,9H2,1H3,(H,19,23)(H2,18,25,26). The molecule has 4 N–H and O–H groups in total. The largest absolute Gasteiger partial charge is 0.411 e. The van der Waals surface area contributed by atoms with Crippen molar-refractivity contribution in [1.29, 1.82) is 0 Å². The third kappa shape index (κ3) is 7.44. The van der Waals surface area contributed by atoms with Gasteiger partial charge in [0.25, 0.3) is 0 Å². The minimum absolute atomic E-state index is 0.184. The highest BCUT2D eigenvalue weighted by atomic mass is 32.2. The molecule has 1 heterocycles. The van der Waals surface area contributed by atoms with E-state index in [2.05, 4.69) is 20.8 Å². The summed E-state index contributed by atoms with van der Waals surface area (Å²) in [4.78, 5) is 11.6. The molecule has 0 unspecified atom stereocenters. The molecule has 0 saturated heterocycles. The van der Waals surface area contributed by atoms with Gasteiger partial charge in [-0.15, -0.1) is 0 Å². The van der Waals surface area contributed by atoms with Crippen LogP contribution in [0, 0.1) is 12.7 Å². The first kappa shape index (κ1) is 22.8. The van der Waals surface area contributed by atoms with Gasteiger partial charge in [-0.05, 0) is 34.4 Å². The lowest BCUT2D eigenvalue weighted by Gasteiger charge is -2.06.